The molecule has 0 bridgehead atoms. The molecule has 1 N–H and O–H groups in total. The summed E-state index contributed by atoms with van der Waals surface area (Å²) >= 11 is 1.72. The smallest absolute Gasteiger partial charge is 0.255 e. The molecule has 6 heteroatoms. The Labute approximate surface area is 161 Å². The molecule has 0 fully saturated rings. The number of fused-ring (bicyclic) bond motifs is 1. The molecule has 4 rings (SSSR count). The number of thiophene rings is 1. The van der Waals surface area contributed by atoms with Crippen molar-refractivity contribution in [2.24, 2.45) is 0 Å². The Morgan fingerprint density at radius 1 is 1.11 bits per heavy atom. The number of benzene rings is 1. The lowest BCUT2D eigenvalue weighted by atomic mass is 9.92. The summed E-state index contributed by atoms with van der Waals surface area (Å²) in [4.78, 5) is 32.1. The molecule has 0 aliphatic carbocycles. The van der Waals surface area contributed by atoms with Crippen molar-refractivity contribution in [1.82, 2.24) is 9.88 Å². The third kappa shape index (κ3) is 3.36. The van der Waals surface area contributed by atoms with Crippen LogP contribution < -0.4 is 5.32 Å². The topological polar surface area (TPSA) is 62.3 Å². The Kier molecular flexibility index (Phi) is 4.73. The van der Waals surface area contributed by atoms with E-state index in [1.54, 1.807) is 42.8 Å². The molecule has 2 amide bonds. The fraction of sp³-hybridized carbons (Fsp3) is 0.190. The van der Waals surface area contributed by atoms with Crippen LogP contribution >= 0.6 is 11.3 Å². The van der Waals surface area contributed by atoms with Crippen LogP contribution in [0.4, 0.5) is 5.69 Å². The molecule has 0 spiro atoms. The van der Waals surface area contributed by atoms with Crippen LogP contribution in [-0.4, -0.2) is 28.2 Å². The van der Waals surface area contributed by atoms with Gasteiger partial charge in [0, 0.05) is 47.6 Å². The first-order chi connectivity index (χ1) is 13.1. The predicted octanol–water partition coefficient (Wildman–Crippen LogP) is 3.89. The van der Waals surface area contributed by atoms with Crippen LogP contribution in [0, 0.1) is 0 Å². The molecule has 2 aromatic heterocycles. The van der Waals surface area contributed by atoms with E-state index in [0.29, 0.717) is 12.1 Å². The van der Waals surface area contributed by atoms with Crippen LogP contribution in [0.25, 0.3) is 0 Å². The van der Waals surface area contributed by atoms with Crippen LogP contribution in [0.3, 0.4) is 0 Å². The molecule has 0 radical (unpaired) electrons. The summed E-state index contributed by atoms with van der Waals surface area (Å²) in [6.45, 7) is 2.28. The minimum atomic E-state index is -0.194. The molecule has 3 aromatic rings. The molecular weight excluding hydrogens is 358 g/mol. The second kappa shape index (κ2) is 7.32. The van der Waals surface area contributed by atoms with Gasteiger partial charge >= 0.3 is 0 Å². The lowest BCUT2D eigenvalue weighted by Crippen LogP contribution is -2.39. The highest BCUT2D eigenvalue weighted by atomic mass is 32.1. The molecule has 3 heterocycles. The Hall–Kier alpha value is -2.99. The van der Waals surface area contributed by atoms with Gasteiger partial charge in [0.2, 0.25) is 5.91 Å². The number of hydrogen-bond acceptors (Lipinski definition) is 4. The van der Waals surface area contributed by atoms with E-state index in [1.165, 1.54) is 4.88 Å². The minimum Gasteiger partial charge on any atom is -0.331 e. The van der Waals surface area contributed by atoms with Gasteiger partial charge < -0.3 is 10.2 Å². The summed E-state index contributed by atoms with van der Waals surface area (Å²) in [6, 6.07) is 12.9. The fourth-order valence-corrected chi connectivity index (χ4v) is 4.44. The van der Waals surface area contributed by atoms with E-state index < -0.39 is 0 Å². The van der Waals surface area contributed by atoms with E-state index in [-0.39, 0.29) is 17.9 Å². The van der Waals surface area contributed by atoms with Gasteiger partial charge in [0.15, 0.2) is 0 Å². The number of hydrogen-bond donors (Lipinski definition) is 1. The number of carbonyl (C=O) groups excluding carboxylic acids is 2. The molecule has 27 heavy (non-hydrogen) atoms. The van der Waals surface area contributed by atoms with Gasteiger partial charge in [-0.1, -0.05) is 18.2 Å². The van der Waals surface area contributed by atoms with Crippen LogP contribution in [0.2, 0.25) is 0 Å². The molecule has 1 aliphatic heterocycles. The number of aromatic nitrogens is 1. The summed E-state index contributed by atoms with van der Waals surface area (Å²) in [5.41, 5.74) is 3.33. The Morgan fingerprint density at radius 3 is 2.67 bits per heavy atom. The zero-order valence-electron chi connectivity index (χ0n) is 14.9. The van der Waals surface area contributed by atoms with E-state index in [0.717, 1.165) is 23.2 Å². The Morgan fingerprint density at radius 2 is 1.89 bits per heavy atom. The normalized spacial score (nSPS) is 15.9. The van der Waals surface area contributed by atoms with Gasteiger partial charge in [-0.15, -0.1) is 11.3 Å². The maximum atomic E-state index is 12.6. The van der Waals surface area contributed by atoms with Gasteiger partial charge in [-0.05, 0) is 41.6 Å². The average molecular weight is 377 g/mol. The second-order valence-corrected chi connectivity index (χ2v) is 7.44. The second-order valence-electron chi connectivity index (χ2n) is 6.44. The number of nitrogens with zero attached hydrogens (tertiary/aromatic N) is 2. The van der Waals surface area contributed by atoms with Crippen molar-refractivity contribution >= 4 is 28.8 Å². The largest absolute Gasteiger partial charge is 0.331 e. The van der Waals surface area contributed by atoms with Crippen molar-refractivity contribution < 1.29 is 9.59 Å². The number of carbonyl (C=O) groups is 2. The van der Waals surface area contributed by atoms with Crippen LogP contribution in [-0.2, 0) is 11.2 Å². The quantitative estimate of drug-likeness (QED) is 0.753. The van der Waals surface area contributed by atoms with Gasteiger partial charge in [0.05, 0.1) is 6.04 Å². The van der Waals surface area contributed by atoms with E-state index in [1.807, 2.05) is 29.2 Å². The molecule has 0 saturated carbocycles. The fourth-order valence-electron chi connectivity index (χ4n) is 3.54. The van der Waals surface area contributed by atoms with E-state index >= 15 is 0 Å². The first-order valence-corrected chi connectivity index (χ1v) is 9.67. The number of anilines is 1. The summed E-state index contributed by atoms with van der Waals surface area (Å²) in [5.74, 6) is -0.160. The summed E-state index contributed by atoms with van der Waals surface area (Å²) < 4.78 is 0. The van der Waals surface area contributed by atoms with Gasteiger partial charge in [-0.2, -0.15) is 0 Å². The first-order valence-electron chi connectivity index (χ1n) is 8.79. The van der Waals surface area contributed by atoms with Crippen LogP contribution in [0.5, 0.6) is 0 Å². The third-order valence-electron chi connectivity index (χ3n) is 4.82. The van der Waals surface area contributed by atoms with Crippen LogP contribution in [0.15, 0.2) is 60.2 Å². The summed E-state index contributed by atoms with van der Waals surface area (Å²) in [6.07, 6.45) is 4.06. The first kappa shape index (κ1) is 17.4. The lowest BCUT2D eigenvalue weighted by molar-refractivity contribution is -0.130. The molecular formula is C21H19N3O2S. The Balaban J connectivity index is 1.74. The summed E-state index contributed by atoms with van der Waals surface area (Å²) in [7, 11) is 0. The van der Waals surface area contributed by atoms with E-state index in [2.05, 4.69) is 21.7 Å². The number of nitrogens with one attached hydrogen (secondary N) is 1. The standard InChI is InChI=1S/C21H19N3O2S/c1-14(25)24-12-8-19-17(9-13-27-19)20(24)16-4-2-3-5-18(16)23-21(26)15-6-10-22-11-7-15/h2-7,9-11,13,20H,8,12H2,1H3,(H,23,26). The Bertz CT molecular complexity index is 984. The van der Waals surface area contributed by atoms with Crippen molar-refractivity contribution in [2.75, 3.05) is 11.9 Å². The number of pyridine rings is 1. The maximum Gasteiger partial charge on any atom is 0.255 e. The van der Waals surface area contributed by atoms with Crippen molar-refractivity contribution in [3.8, 4) is 0 Å². The molecule has 0 saturated heterocycles. The highest BCUT2D eigenvalue weighted by Gasteiger charge is 2.32. The molecule has 1 unspecified atom stereocenters. The predicted molar refractivity (Wildman–Crippen MR) is 106 cm³/mol. The molecule has 136 valence electrons. The van der Waals surface area contributed by atoms with Gasteiger partial charge in [0.25, 0.3) is 5.91 Å². The van der Waals surface area contributed by atoms with Gasteiger partial charge in [0.1, 0.15) is 0 Å². The van der Waals surface area contributed by atoms with Crippen LogP contribution in [0.1, 0.15) is 39.3 Å². The summed E-state index contributed by atoms with van der Waals surface area (Å²) in [5, 5.41) is 5.07. The number of rotatable bonds is 3. The van der Waals surface area contributed by atoms with Crippen molar-refractivity contribution in [2.45, 2.75) is 19.4 Å². The van der Waals surface area contributed by atoms with E-state index in [4.69, 9.17) is 0 Å². The zero-order chi connectivity index (χ0) is 18.8. The SMILES string of the molecule is CC(=O)N1CCc2sccc2C1c1ccccc1NC(=O)c1ccncc1. The molecule has 1 aromatic carbocycles. The van der Waals surface area contributed by atoms with Crippen molar-refractivity contribution in [3.05, 3.63) is 81.8 Å². The third-order valence-corrected chi connectivity index (χ3v) is 5.81. The highest BCUT2D eigenvalue weighted by molar-refractivity contribution is 7.10. The highest BCUT2D eigenvalue weighted by Crippen LogP contribution is 2.40. The molecule has 1 aliphatic rings. The number of amides is 2. The zero-order valence-corrected chi connectivity index (χ0v) is 15.7. The molecule has 1 atom stereocenters. The minimum absolute atomic E-state index is 0.0344. The average Bonchev–Trinajstić information content (AvgIpc) is 3.17. The van der Waals surface area contributed by atoms with Gasteiger partial charge in [-0.25, -0.2) is 0 Å². The number of para-hydroxylation sites is 1. The molecule has 5 nitrogen and oxygen atoms in total. The monoisotopic (exact) mass is 377 g/mol. The van der Waals surface area contributed by atoms with Gasteiger partial charge in [-0.3, -0.25) is 14.6 Å². The van der Waals surface area contributed by atoms with E-state index in [9.17, 15) is 9.59 Å². The van der Waals surface area contributed by atoms with Crippen molar-refractivity contribution in [3.63, 3.8) is 0 Å². The maximum absolute atomic E-state index is 12.6. The lowest BCUT2D eigenvalue weighted by Gasteiger charge is -2.36. The van der Waals surface area contributed by atoms with Crippen molar-refractivity contribution in [1.29, 1.82) is 0 Å².